The van der Waals surface area contributed by atoms with E-state index in [9.17, 15) is 24.6 Å². The zero-order valence-electron chi connectivity index (χ0n) is 17.4. The molecular formula is C21H34N2O6. The maximum Gasteiger partial charge on any atom is 0.245 e. The summed E-state index contributed by atoms with van der Waals surface area (Å²) in [6.45, 7) is 3.01. The largest absolute Gasteiger partial charge is 0.394 e. The Bertz CT molecular complexity index is 633. The number of fused-ring (bicyclic) bond motifs is 2. The molecule has 2 saturated carbocycles. The Hall–Kier alpha value is -1.51. The predicted octanol–water partition coefficient (Wildman–Crippen LogP) is 0.151. The molecule has 6 atom stereocenters. The molecule has 2 aliphatic carbocycles. The molecule has 4 N–H and O–H groups in total. The molecule has 2 bridgehead atoms. The van der Waals surface area contributed by atoms with Crippen LogP contribution in [0.1, 0.15) is 52.4 Å². The summed E-state index contributed by atoms with van der Waals surface area (Å²) in [5.74, 6) is 0.630. The molecule has 2 amide bonds. The first-order chi connectivity index (χ1) is 13.8. The summed E-state index contributed by atoms with van der Waals surface area (Å²) in [6.07, 6.45) is 5.47. The summed E-state index contributed by atoms with van der Waals surface area (Å²) in [4.78, 5) is 37.8. The van der Waals surface area contributed by atoms with E-state index in [0.717, 1.165) is 12.3 Å². The van der Waals surface area contributed by atoms with Crippen molar-refractivity contribution in [3.05, 3.63) is 0 Å². The van der Waals surface area contributed by atoms with Gasteiger partial charge in [0.15, 0.2) is 11.4 Å². The standard InChI is InChI=1S/C21H34N2O6/c1-12(2)5-16(19(27)21(10-25)11-29-21)23-20(28)17(9-24)22-18(26)8-15-7-13-3-4-14(15)6-13/h12-17,24-25H,3-11H2,1-2H3,(H,22,26)(H,23,28)/t13?,14?,15?,16-,17-,21+/m0/s1. The Labute approximate surface area is 171 Å². The fraction of sp³-hybridized carbons (Fsp3) is 0.857. The van der Waals surface area contributed by atoms with E-state index in [1.807, 2.05) is 13.8 Å². The second kappa shape index (κ2) is 9.10. The van der Waals surface area contributed by atoms with Crippen LogP contribution in [0.2, 0.25) is 0 Å². The molecule has 29 heavy (non-hydrogen) atoms. The number of ether oxygens (including phenoxy) is 1. The molecule has 1 heterocycles. The minimum Gasteiger partial charge on any atom is -0.394 e. The molecule has 0 aromatic carbocycles. The van der Waals surface area contributed by atoms with Crippen molar-refractivity contribution in [3.63, 3.8) is 0 Å². The summed E-state index contributed by atoms with van der Waals surface area (Å²) in [6, 6.07) is -1.94. The molecule has 3 unspecified atom stereocenters. The van der Waals surface area contributed by atoms with E-state index in [2.05, 4.69) is 10.6 Å². The van der Waals surface area contributed by atoms with Crippen LogP contribution in [0.25, 0.3) is 0 Å². The van der Waals surface area contributed by atoms with Gasteiger partial charge in [0.25, 0.3) is 0 Å². The SMILES string of the molecule is CC(C)C[C@H](NC(=O)[C@H](CO)NC(=O)CC1CC2CCC1C2)C(=O)[C@@]1(CO)CO1. The van der Waals surface area contributed by atoms with Gasteiger partial charge in [0.2, 0.25) is 11.8 Å². The Kier molecular flexibility index (Phi) is 6.96. The second-order valence-electron chi connectivity index (χ2n) is 9.44. The molecule has 0 aromatic rings. The van der Waals surface area contributed by atoms with E-state index in [0.29, 0.717) is 24.7 Å². The topological polar surface area (TPSA) is 128 Å². The predicted molar refractivity (Wildman–Crippen MR) is 105 cm³/mol. The summed E-state index contributed by atoms with van der Waals surface area (Å²) in [5.41, 5.74) is -1.23. The van der Waals surface area contributed by atoms with Crippen LogP contribution in [0.5, 0.6) is 0 Å². The quantitative estimate of drug-likeness (QED) is 0.359. The normalized spacial score (nSPS) is 32.1. The van der Waals surface area contributed by atoms with Crippen molar-refractivity contribution in [2.24, 2.45) is 23.7 Å². The van der Waals surface area contributed by atoms with Crippen LogP contribution in [0, 0.1) is 23.7 Å². The van der Waals surface area contributed by atoms with Gasteiger partial charge in [-0.2, -0.15) is 0 Å². The summed E-state index contributed by atoms with van der Waals surface area (Å²) in [7, 11) is 0. The molecule has 3 fully saturated rings. The number of hydrogen-bond acceptors (Lipinski definition) is 6. The number of hydrogen-bond donors (Lipinski definition) is 4. The highest BCUT2D eigenvalue weighted by Gasteiger charge is 2.54. The molecule has 164 valence electrons. The number of carbonyl (C=O) groups is 3. The van der Waals surface area contributed by atoms with Gasteiger partial charge in [-0.3, -0.25) is 14.4 Å². The molecule has 0 aromatic heterocycles. The minimum atomic E-state index is -1.23. The van der Waals surface area contributed by atoms with Gasteiger partial charge in [0.1, 0.15) is 6.04 Å². The van der Waals surface area contributed by atoms with E-state index >= 15 is 0 Å². The van der Waals surface area contributed by atoms with Gasteiger partial charge in [0, 0.05) is 6.42 Å². The van der Waals surface area contributed by atoms with Crippen molar-refractivity contribution in [1.29, 1.82) is 0 Å². The lowest BCUT2D eigenvalue weighted by Crippen LogP contribution is -2.55. The van der Waals surface area contributed by atoms with Crippen LogP contribution in [-0.4, -0.2) is 65.3 Å². The van der Waals surface area contributed by atoms with Gasteiger partial charge in [-0.15, -0.1) is 0 Å². The van der Waals surface area contributed by atoms with Crippen LogP contribution in [0.4, 0.5) is 0 Å². The lowest BCUT2D eigenvalue weighted by Gasteiger charge is -2.25. The summed E-state index contributed by atoms with van der Waals surface area (Å²) in [5, 5.41) is 24.4. The van der Waals surface area contributed by atoms with Crippen LogP contribution < -0.4 is 10.6 Å². The first-order valence-corrected chi connectivity index (χ1v) is 10.8. The molecule has 1 saturated heterocycles. The first-order valence-electron chi connectivity index (χ1n) is 10.8. The number of rotatable bonds is 11. The van der Waals surface area contributed by atoms with Crippen LogP contribution in [0.15, 0.2) is 0 Å². The second-order valence-corrected chi connectivity index (χ2v) is 9.44. The Morgan fingerprint density at radius 1 is 1.10 bits per heavy atom. The van der Waals surface area contributed by atoms with Crippen molar-refractivity contribution in [1.82, 2.24) is 10.6 Å². The third-order valence-electron chi connectivity index (χ3n) is 6.70. The Morgan fingerprint density at radius 2 is 1.83 bits per heavy atom. The number of ketones is 1. The van der Waals surface area contributed by atoms with E-state index < -0.39 is 36.8 Å². The zero-order valence-corrected chi connectivity index (χ0v) is 17.4. The molecule has 0 radical (unpaired) electrons. The molecule has 1 aliphatic heterocycles. The van der Waals surface area contributed by atoms with Crippen molar-refractivity contribution in [2.45, 2.75) is 70.1 Å². The number of carbonyl (C=O) groups excluding carboxylic acids is 3. The van der Waals surface area contributed by atoms with Crippen LogP contribution in [-0.2, 0) is 19.1 Å². The monoisotopic (exact) mass is 410 g/mol. The molecule has 8 nitrogen and oxygen atoms in total. The smallest absolute Gasteiger partial charge is 0.245 e. The van der Waals surface area contributed by atoms with Gasteiger partial charge >= 0.3 is 0 Å². The number of nitrogens with one attached hydrogen (secondary N) is 2. The molecule has 0 spiro atoms. The summed E-state index contributed by atoms with van der Waals surface area (Å²) >= 11 is 0. The lowest BCUT2D eigenvalue weighted by molar-refractivity contribution is -0.135. The summed E-state index contributed by atoms with van der Waals surface area (Å²) < 4.78 is 5.13. The van der Waals surface area contributed by atoms with Crippen LogP contribution >= 0.6 is 0 Å². The zero-order chi connectivity index (χ0) is 21.2. The Balaban J connectivity index is 1.55. The maximum atomic E-state index is 12.7. The number of aliphatic hydroxyl groups excluding tert-OH is 2. The average Bonchev–Trinajstić information content (AvgIpc) is 3.21. The lowest BCUT2D eigenvalue weighted by atomic mass is 9.86. The highest BCUT2D eigenvalue weighted by molar-refractivity contribution is 5.98. The van der Waals surface area contributed by atoms with Gasteiger partial charge in [0.05, 0.1) is 25.9 Å². The van der Waals surface area contributed by atoms with E-state index in [1.54, 1.807) is 0 Å². The number of epoxide rings is 1. The minimum absolute atomic E-state index is 0.124. The molecule has 3 aliphatic rings. The number of aliphatic hydroxyl groups is 2. The molecular weight excluding hydrogens is 376 g/mol. The third-order valence-corrected chi connectivity index (χ3v) is 6.70. The molecule has 8 heteroatoms. The number of Topliss-reactive ketones (excluding diaryl/α,β-unsaturated/α-hetero) is 1. The highest BCUT2D eigenvalue weighted by Crippen LogP contribution is 2.49. The van der Waals surface area contributed by atoms with Gasteiger partial charge in [-0.05, 0) is 49.4 Å². The number of amides is 2. The van der Waals surface area contributed by atoms with Crippen molar-refractivity contribution in [3.8, 4) is 0 Å². The third kappa shape index (κ3) is 5.16. The van der Waals surface area contributed by atoms with E-state index in [4.69, 9.17) is 4.74 Å². The van der Waals surface area contributed by atoms with Crippen molar-refractivity contribution >= 4 is 17.6 Å². The first kappa shape index (κ1) is 22.2. The van der Waals surface area contributed by atoms with Gasteiger partial charge in [-0.1, -0.05) is 20.3 Å². The Morgan fingerprint density at radius 3 is 2.31 bits per heavy atom. The van der Waals surface area contributed by atoms with Crippen molar-refractivity contribution < 1.29 is 29.3 Å². The van der Waals surface area contributed by atoms with Gasteiger partial charge < -0.3 is 25.6 Å². The van der Waals surface area contributed by atoms with E-state index in [-0.39, 0.29) is 24.2 Å². The van der Waals surface area contributed by atoms with E-state index in [1.165, 1.54) is 19.3 Å². The fourth-order valence-electron chi connectivity index (χ4n) is 5.00. The molecule has 3 rings (SSSR count). The van der Waals surface area contributed by atoms with Crippen LogP contribution in [0.3, 0.4) is 0 Å². The van der Waals surface area contributed by atoms with Crippen molar-refractivity contribution in [2.75, 3.05) is 19.8 Å². The highest BCUT2D eigenvalue weighted by atomic mass is 16.6. The maximum absolute atomic E-state index is 12.7. The fourth-order valence-corrected chi connectivity index (χ4v) is 5.00. The average molecular weight is 411 g/mol. The van der Waals surface area contributed by atoms with Gasteiger partial charge in [-0.25, -0.2) is 0 Å².